The lowest BCUT2D eigenvalue weighted by atomic mass is 10.1. The SMILES string of the molecule is COc1ccccc1OCC(=O)Cc1ccc(F)cc1. The number of ether oxygens (including phenoxy) is 2. The van der Waals surface area contributed by atoms with Crippen molar-refractivity contribution in [2.75, 3.05) is 13.7 Å². The van der Waals surface area contributed by atoms with E-state index in [2.05, 4.69) is 0 Å². The molecule has 20 heavy (non-hydrogen) atoms. The highest BCUT2D eigenvalue weighted by Crippen LogP contribution is 2.25. The Bertz CT molecular complexity index is 579. The van der Waals surface area contributed by atoms with Gasteiger partial charge >= 0.3 is 0 Å². The maximum atomic E-state index is 12.8. The van der Waals surface area contributed by atoms with Gasteiger partial charge in [-0.2, -0.15) is 0 Å². The molecule has 4 heteroatoms. The van der Waals surface area contributed by atoms with Crippen molar-refractivity contribution in [3.05, 3.63) is 59.9 Å². The van der Waals surface area contributed by atoms with Crippen molar-refractivity contribution >= 4 is 5.78 Å². The molecule has 0 heterocycles. The highest BCUT2D eigenvalue weighted by Gasteiger charge is 2.08. The van der Waals surface area contributed by atoms with E-state index in [0.29, 0.717) is 11.5 Å². The molecule has 0 aliphatic carbocycles. The van der Waals surface area contributed by atoms with Crippen LogP contribution in [0.15, 0.2) is 48.5 Å². The van der Waals surface area contributed by atoms with Gasteiger partial charge in [-0.15, -0.1) is 0 Å². The number of Topliss-reactive ketones (excluding diaryl/α,β-unsaturated/α-hetero) is 1. The third-order valence-corrected chi connectivity index (χ3v) is 2.77. The molecule has 0 bridgehead atoms. The van der Waals surface area contributed by atoms with E-state index >= 15 is 0 Å². The summed E-state index contributed by atoms with van der Waals surface area (Å²) >= 11 is 0. The van der Waals surface area contributed by atoms with Gasteiger partial charge in [-0.25, -0.2) is 4.39 Å². The Balaban J connectivity index is 1.90. The summed E-state index contributed by atoms with van der Waals surface area (Å²) in [6.07, 6.45) is 0.218. The van der Waals surface area contributed by atoms with Crippen molar-refractivity contribution < 1.29 is 18.7 Å². The standard InChI is InChI=1S/C16H15FO3/c1-19-15-4-2-3-5-16(15)20-11-14(18)10-12-6-8-13(17)9-7-12/h2-9H,10-11H2,1H3. The first-order valence-corrected chi connectivity index (χ1v) is 6.21. The largest absolute Gasteiger partial charge is 0.493 e. The zero-order valence-electron chi connectivity index (χ0n) is 11.1. The fraction of sp³-hybridized carbons (Fsp3) is 0.188. The van der Waals surface area contributed by atoms with Crippen LogP contribution in [0, 0.1) is 5.82 Å². The van der Waals surface area contributed by atoms with Gasteiger partial charge in [0.15, 0.2) is 17.3 Å². The summed E-state index contributed by atoms with van der Waals surface area (Å²) in [5, 5.41) is 0. The maximum Gasteiger partial charge on any atom is 0.174 e. The third-order valence-electron chi connectivity index (χ3n) is 2.77. The quantitative estimate of drug-likeness (QED) is 0.812. The zero-order valence-corrected chi connectivity index (χ0v) is 11.1. The Kier molecular flexibility index (Phi) is 4.71. The Hall–Kier alpha value is -2.36. The number of benzene rings is 2. The Morgan fingerprint density at radius 1 is 1.05 bits per heavy atom. The maximum absolute atomic E-state index is 12.8. The van der Waals surface area contributed by atoms with Crippen molar-refractivity contribution in [1.29, 1.82) is 0 Å². The van der Waals surface area contributed by atoms with Crippen molar-refractivity contribution in [2.24, 2.45) is 0 Å². The van der Waals surface area contributed by atoms with Gasteiger partial charge in [0, 0.05) is 6.42 Å². The van der Waals surface area contributed by atoms with E-state index in [9.17, 15) is 9.18 Å². The average molecular weight is 274 g/mol. The first kappa shape index (κ1) is 14.1. The molecule has 2 aromatic rings. The molecule has 0 unspecified atom stereocenters. The number of methoxy groups -OCH3 is 1. The molecule has 3 nitrogen and oxygen atoms in total. The number of para-hydroxylation sites is 2. The van der Waals surface area contributed by atoms with Crippen molar-refractivity contribution in [2.45, 2.75) is 6.42 Å². The summed E-state index contributed by atoms with van der Waals surface area (Å²) in [5.41, 5.74) is 0.764. The van der Waals surface area contributed by atoms with Crippen LogP contribution in [0.1, 0.15) is 5.56 Å². The number of carbonyl (C=O) groups is 1. The molecule has 2 aromatic carbocycles. The number of rotatable bonds is 6. The first-order chi connectivity index (χ1) is 9.69. The molecule has 0 N–H and O–H groups in total. The lowest BCUT2D eigenvalue weighted by molar-refractivity contribution is -0.120. The van der Waals surface area contributed by atoms with Crippen LogP contribution in [0.5, 0.6) is 11.5 Å². The summed E-state index contributed by atoms with van der Waals surface area (Å²) < 4.78 is 23.3. The topological polar surface area (TPSA) is 35.5 Å². The second kappa shape index (κ2) is 6.70. The molecule has 0 aromatic heterocycles. The molecule has 0 radical (unpaired) electrons. The van der Waals surface area contributed by atoms with Crippen molar-refractivity contribution in [1.82, 2.24) is 0 Å². The Morgan fingerprint density at radius 2 is 1.70 bits per heavy atom. The molecular weight excluding hydrogens is 259 g/mol. The fourth-order valence-electron chi connectivity index (χ4n) is 1.78. The van der Waals surface area contributed by atoms with E-state index in [1.54, 1.807) is 31.4 Å². The van der Waals surface area contributed by atoms with Gasteiger partial charge in [-0.05, 0) is 29.8 Å². The minimum atomic E-state index is -0.313. The van der Waals surface area contributed by atoms with Gasteiger partial charge in [-0.3, -0.25) is 4.79 Å². The summed E-state index contributed by atoms with van der Waals surface area (Å²) in [7, 11) is 1.54. The van der Waals surface area contributed by atoms with Crippen LogP contribution in [0.25, 0.3) is 0 Å². The van der Waals surface area contributed by atoms with Crippen LogP contribution in [-0.4, -0.2) is 19.5 Å². The van der Waals surface area contributed by atoms with Gasteiger partial charge in [0.25, 0.3) is 0 Å². The van der Waals surface area contributed by atoms with E-state index in [4.69, 9.17) is 9.47 Å². The van der Waals surface area contributed by atoms with Crippen LogP contribution in [-0.2, 0) is 11.2 Å². The average Bonchev–Trinajstić information content (AvgIpc) is 2.48. The minimum absolute atomic E-state index is 0.0439. The second-order valence-electron chi connectivity index (χ2n) is 4.28. The van der Waals surface area contributed by atoms with Crippen LogP contribution >= 0.6 is 0 Å². The highest BCUT2D eigenvalue weighted by molar-refractivity contribution is 5.82. The molecule has 0 aliphatic rings. The van der Waals surface area contributed by atoms with Crippen LogP contribution in [0.2, 0.25) is 0 Å². The van der Waals surface area contributed by atoms with Crippen molar-refractivity contribution in [3.63, 3.8) is 0 Å². The predicted octanol–water partition coefficient (Wildman–Crippen LogP) is 3.02. The summed E-state index contributed by atoms with van der Waals surface area (Å²) in [4.78, 5) is 11.8. The number of ketones is 1. The lowest BCUT2D eigenvalue weighted by Gasteiger charge is -2.09. The molecule has 2 rings (SSSR count). The Morgan fingerprint density at radius 3 is 2.35 bits per heavy atom. The molecule has 0 saturated carbocycles. The molecule has 0 amide bonds. The number of halogens is 1. The molecule has 0 atom stereocenters. The van der Waals surface area contributed by atoms with E-state index < -0.39 is 0 Å². The van der Waals surface area contributed by atoms with Gasteiger partial charge < -0.3 is 9.47 Å². The van der Waals surface area contributed by atoms with Gasteiger partial charge in [0.2, 0.25) is 0 Å². The fourth-order valence-corrected chi connectivity index (χ4v) is 1.78. The second-order valence-corrected chi connectivity index (χ2v) is 4.28. The zero-order chi connectivity index (χ0) is 14.4. The molecule has 104 valence electrons. The van der Waals surface area contributed by atoms with E-state index in [-0.39, 0.29) is 24.6 Å². The number of hydrogen-bond acceptors (Lipinski definition) is 3. The first-order valence-electron chi connectivity index (χ1n) is 6.21. The van der Waals surface area contributed by atoms with Crippen LogP contribution in [0.4, 0.5) is 4.39 Å². The number of hydrogen-bond donors (Lipinski definition) is 0. The van der Waals surface area contributed by atoms with E-state index in [1.165, 1.54) is 12.1 Å². The van der Waals surface area contributed by atoms with Crippen molar-refractivity contribution in [3.8, 4) is 11.5 Å². The summed E-state index contributed by atoms with van der Waals surface area (Å²) in [6.45, 7) is -0.0439. The van der Waals surface area contributed by atoms with Gasteiger partial charge in [-0.1, -0.05) is 24.3 Å². The smallest absolute Gasteiger partial charge is 0.174 e. The minimum Gasteiger partial charge on any atom is -0.493 e. The van der Waals surface area contributed by atoms with Gasteiger partial charge in [0.1, 0.15) is 12.4 Å². The predicted molar refractivity (Wildman–Crippen MR) is 73.6 cm³/mol. The monoisotopic (exact) mass is 274 g/mol. The molecule has 0 saturated heterocycles. The van der Waals surface area contributed by atoms with E-state index in [1.807, 2.05) is 12.1 Å². The summed E-state index contributed by atoms with van der Waals surface area (Å²) in [5.74, 6) is 0.721. The molecule has 0 spiro atoms. The lowest BCUT2D eigenvalue weighted by Crippen LogP contribution is -2.14. The van der Waals surface area contributed by atoms with Crippen LogP contribution in [0.3, 0.4) is 0 Å². The molecule has 0 fully saturated rings. The highest BCUT2D eigenvalue weighted by atomic mass is 19.1. The van der Waals surface area contributed by atoms with E-state index in [0.717, 1.165) is 5.56 Å². The Labute approximate surface area is 117 Å². The van der Waals surface area contributed by atoms with Gasteiger partial charge in [0.05, 0.1) is 7.11 Å². The normalized spacial score (nSPS) is 10.1. The number of carbonyl (C=O) groups excluding carboxylic acids is 1. The van der Waals surface area contributed by atoms with Crippen LogP contribution < -0.4 is 9.47 Å². The molecular formula is C16H15FO3. The third kappa shape index (κ3) is 3.82. The molecule has 0 aliphatic heterocycles. The summed E-state index contributed by atoms with van der Waals surface area (Å²) in [6, 6.07) is 13.0.